The Morgan fingerprint density at radius 2 is 1.80 bits per heavy atom. The number of ether oxygens (including phenoxy) is 1. The molecule has 0 spiro atoms. The van der Waals surface area contributed by atoms with Gasteiger partial charge in [-0.2, -0.15) is 4.31 Å². The van der Waals surface area contributed by atoms with Crippen LogP contribution in [0, 0.1) is 5.92 Å². The topological polar surface area (TPSA) is 113 Å². The molecule has 1 fully saturated rings. The van der Waals surface area contributed by atoms with Gasteiger partial charge in [0, 0.05) is 31.7 Å². The quantitative estimate of drug-likeness (QED) is 0.577. The lowest BCUT2D eigenvalue weighted by molar-refractivity contribution is -0.147. The Morgan fingerprint density at radius 3 is 2.33 bits per heavy atom. The van der Waals surface area contributed by atoms with Crippen molar-refractivity contribution in [2.75, 3.05) is 31.1 Å². The lowest BCUT2D eigenvalue weighted by Crippen LogP contribution is -2.37. The summed E-state index contributed by atoms with van der Waals surface area (Å²) in [6.45, 7) is 7.61. The standard InChI is InChI=1S/C20H29N3O6S/c1-5-22(6-2)30(27,28)17-9-7-16(8-10-17)23-13-15(11-18(23)24)20(26)21-12-19(25)29-14(3)4/h7-10,14-15H,5-6,11-13H2,1-4H3,(H,21,26). The van der Waals surface area contributed by atoms with Gasteiger partial charge in [-0.05, 0) is 38.1 Å². The molecule has 0 aliphatic carbocycles. The van der Waals surface area contributed by atoms with Crippen LogP contribution in [0.4, 0.5) is 5.69 Å². The van der Waals surface area contributed by atoms with E-state index in [1.165, 1.54) is 21.3 Å². The molecule has 1 aromatic carbocycles. The van der Waals surface area contributed by atoms with Crippen LogP contribution in [0.5, 0.6) is 0 Å². The van der Waals surface area contributed by atoms with Gasteiger partial charge in [0.2, 0.25) is 21.8 Å². The molecule has 0 aromatic heterocycles. The molecule has 30 heavy (non-hydrogen) atoms. The summed E-state index contributed by atoms with van der Waals surface area (Å²) in [7, 11) is -3.58. The molecule has 1 atom stereocenters. The van der Waals surface area contributed by atoms with Crippen LogP contribution in [0.2, 0.25) is 0 Å². The number of nitrogens with one attached hydrogen (secondary N) is 1. The number of esters is 1. The number of carbonyl (C=O) groups excluding carboxylic acids is 3. The maximum absolute atomic E-state index is 12.6. The SMILES string of the molecule is CCN(CC)S(=O)(=O)c1ccc(N2CC(C(=O)NCC(=O)OC(C)C)CC2=O)cc1. The molecule has 1 aromatic rings. The Balaban J connectivity index is 2.03. The van der Waals surface area contributed by atoms with Crippen molar-refractivity contribution in [2.45, 2.75) is 45.1 Å². The fourth-order valence-electron chi connectivity index (χ4n) is 3.25. The van der Waals surface area contributed by atoms with E-state index in [0.29, 0.717) is 18.8 Å². The highest BCUT2D eigenvalue weighted by Gasteiger charge is 2.35. The number of carbonyl (C=O) groups is 3. The van der Waals surface area contributed by atoms with Gasteiger partial charge < -0.3 is 15.0 Å². The summed E-state index contributed by atoms with van der Waals surface area (Å²) in [5, 5.41) is 2.50. The van der Waals surface area contributed by atoms with Crippen molar-refractivity contribution < 1.29 is 27.5 Å². The van der Waals surface area contributed by atoms with E-state index in [0.717, 1.165) is 0 Å². The van der Waals surface area contributed by atoms with E-state index in [1.54, 1.807) is 39.8 Å². The molecule has 1 heterocycles. The van der Waals surface area contributed by atoms with Crippen molar-refractivity contribution >= 4 is 33.5 Å². The zero-order chi connectivity index (χ0) is 22.5. The average Bonchev–Trinajstić information content (AvgIpc) is 3.08. The molecule has 1 unspecified atom stereocenters. The molecule has 9 nitrogen and oxygen atoms in total. The van der Waals surface area contributed by atoms with Crippen LogP contribution >= 0.6 is 0 Å². The summed E-state index contributed by atoms with van der Waals surface area (Å²) in [4.78, 5) is 37.8. The number of amides is 2. The predicted octanol–water partition coefficient (Wildman–Crippen LogP) is 1.14. The lowest BCUT2D eigenvalue weighted by atomic mass is 10.1. The highest BCUT2D eigenvalue weighted by molar-refractivity contribution is 7.89. The van der Waals surface area contributed by atoms with Crippen molar-refractivity contribution in [1.82, 2.24) is 9.62 Å². The third kappa shape index (κ3) is 5.57. The molecule has 10 heteroatoms. The van der Waals surface area contributed by atoms with Gasteiger partial charge in [-0.3, -0.25) is 14.4 Å². The van der Waals surface area contributed by atoms with Gasteiger partial charge in [0.1, 0.15) is 6.54 Å². The first-order chi connectivity index (χ1) is 14.1. The van der Waals surface area contributed by atoms with Crippen molar-refractivity contribution in [3.05, 3.63) is 24.3 Å². The van der Waals surface area contributed by atoms with Gasteiger partial charge in [-0.25, -0.2) is 8.42 Å². The van der Waals surface area contributed by atoms with Crippen LogP contribution in [-0.4, -0.2) is 62.8 Å². The summed E-state index contributed by atoms with van der Waals surface area (Å²) >= 11 is 0. The smallest absolute Gasteiger partial charge is 0.325 e. The first-order valence-corrected chi connectivity index (χ1v) is 11.4. The molecule has 0 saturated carbocycles. The number of anilines is 1. The Hall–Kier alpha value is -2.46. The van der Waals surface area contributed by atoms with Gasteiger partial charge in [0.05, 0.1) is 16.9 Å². The summed E-state index contributed by atoms with van der Waals surface area (Å²) in [5.74, 6) is -1.76. The molecule has 2 rings (SSSR count). The largest absolute Gasteiger partial charge is 0.462 e. The molecule has 0 bridgehead atoms. The second kappa shape index (κ2) is 10.0. The molecule has 166 valence electrons. The van der Waals surface area contributed by atoms with Gasteiger partial charge >= 0.3 is 5.97 Å². The summed E-state index contributed by atoms with van der Waals surface area (Å²) < 4.78 is 31.5. The molecular weight excluding hydrogens is 410 g/mol. The molecule has 2 amide bonds. The molecule has 1 aliphatic heterocycles. The predicted molar refractivity (Wildman–Crippen MR) is 111 cm³/mol. The van der Waals surface area contributed by atoms with Crippen molar-refractivity contribution in [1.29, 1.82) is 0 Å². The zero-order valence-corrected chi connectivity index (χ0v) is 18.6. The minimum atomic E-state index is -3.58. The van der Waals surface area contributed by atoms with E-state index >= 15 is 0 Å². The fraction of sp³-hybridized carbons (Fsp3) is 0.550. The second-order valence-corrected chi connectivity index (χ2v) is 9.18. The van der Waals surface area contributed by atoms with Crippen LogP contribution in [0.15, 0.2) is 29.2 Å². The van der Waals surface area contributed by atoms with Gasteiger partial charge in [0.15, 0.2) is 0 Å². The van der Waals surface area contributed by atoms with E-state index in [4.69, 9.17) is 4.74 Å². The van der Waals surface area contributed by atoms with Gasteiger partial charge in [0.25, 0.3) is 0 Å². The van der Waals surface area contributed by atoms with Crippen molar-refractivity contribution in [3.63, 3.8) is 0 Å². The second-order valence-electron chi connectivity index (χ2n) is 7.25. The van der Waals surface area contributed by atoms with Crippen LogP contribution in [0.3, 0.4) is 0 Å². The molecule has 1 saturated heterocycles. The Morgan fingerprint density at radius 1 is 1.20 bits per heavy atom. The Bertz CT molecular complexity index is 878. The van der Waals surface area contributed by atoms with E-state index < -0.39 is 27.8 Å². The maximum atomic E-state index is 12.6. The van der Waals surface area contributed by atoms with E-state index in [9.17, 15) is 22.8 Å². The van der Waals surface area contributed by atoms with E-state index in [-0.39, 0.29) is 36.4 Å². The number of hydrogen-bond donors (Lipinski definition) is 1. The number of nitrogens with zero attached hydrogens (tertiary/aromatic N) is 2. The lowest BCUT2D eigenvalue weighted by Gasteiger charge is -2.20. The third-order valence-electron chi connectivity index (χ3n) is 4.76. The molecular formula is C20H29N3O6S. The van der Waals surface area contributed by atoms with Crippen LogP contribution in [0.1, 0.15) is 34.1 Å². The highest BCUT2D eigenvalue weighted by Crippen LogP contribution is 2.27. The maximum Gasteiger partial charge on any atom is 0.325 e. The van der Waals surface area contributed by atoms with Crippen molar-refractivity contribution in [2.24, 2.45) is 5.92 Å². The van der Waals surface area contributed by atoms with Crippen LogP contribution in [-0.2, 0) is 29.1 Å². The first-order valence-electron chi connectivity index (χ1n) is 9.97. The number of benzene rings is 1. The van der Waals surface area contributed by atoms with Crippen molar-refractivity contribution in [3.8, 4) is 0 Å². The van der Waals surface area contributed by atoms with Crippen LogP contribution in [0.25, 0.3) is 0 Å². The summed E-state index contributed by atoms with van der Waals surface area (Å²) in [5.41, 5.74) is 0.521. The normalized spacial score (nSPS) is 16.9. The Labute approximate surface area is 177 Å². The van der Waals surface area contributed by atoms with E-state index in [1.807, 2.05) is 0 Å². The summed E-state index contributed by atoms with van der Waals surface area (Å²) in [6.07, 6.45) is -0.253. The number of rotatable bonds is 9. The highest BCUT2D eigenvalue weighted by atomic mass is 32.2. The monoisotopic (exact) mass is 439 g/mol. The van der Waals surface area contributed by atoms with Gasteiger partial charge in [-0.15, -0.1) is 0 Å². The molecule has 1 aliphatic rings. The van der Waals surface area contributed by atoms with Gasteiger partial charge in [-0.1, -0.05) is 13.8 Å². The zero-order valence-electron chi connectivity index (χ0n) is 17.8. The molecule has 0 radical (unpaired) electrons. The third-order valence-corrected chi connectivity index (χ3v) is 6.83. The van der Waals surface area contributed by atoms with E-state index in [2.05, 4.69) is 5.32 Å². The number of hydrogen-bond acceptors (Lipinski definition) is 6. The average molecular weight is 440 g/mol. The molecule has 1 N–H and O–H groups in total. The minimum Gasteiger partial charge on any atom is -0.462 e. The fourth-order valence-corrected chi connectivity index (χ4v) is 4.71. The van der Waals surface area contributed by atoms with Crippen LogP contribution < -0.4 is 10.2 Å². The Kier molecular flexibility index (Phi) is 7.96. The number of sulfonamides is 1. The minimum absolute atomic E-state index is 0.0184. The first kappa shape index (κ1) is 23.8. The summed E-state index contributed by atoms with van der Waals surface area (Å²) in [6, 6.07) is 6.06.